The zero-order valence-electron chi connectivity index (χ0n) is 6.41. The van der Waals surface area contributed by atoms with Crippen molar-refractivity contribution in [2.75, 3.05) is 13.7 Å². The van der Waals surface area contributed by atoms with E-state index in [1.54, 1.807) is 0 Å². The van der Waals surface area contributed by atoms with Gasteiger partial charge in [0.2, 0.25) is 0 Å². The molecule has 0 aromatic heterocycles. The van der Waals surface area contributed by atoms with Gasteiger partial charge in [-0.15, -0.1) is 0 Å². The normalized spacial score (nSPS) is 12.3. The van der Waals surface area contributed by atoms with Crippen LogP contribution in [-0.4, -0.2) is 36.0 Å². The molecule has 0 rings (SSSR count). The minimum absolute atomic E-state index is 0.0448. The number of rotatable bonds is 4. The molecule has 1 atom stereocenters. The number of methoxy groups -OCH3 is 1. The lowest BCUT2D eigenvalue weighted by Crippen LogP contribution is -2.16. The maximum Gasteiger partial charge on any atom is 0.333 e. The van der Waals surface area contributed by atoms with Crippen LogP contribution in [0, 0.1) is 0 Å². The molecule has 0 fully saturated rings. The zero-order chi connectivity index (χ0) is 8.85. The molecule has 0 saturated carbocycles. The monoisotopic (exact) mass is 160 g/mol. The van der Waals surface area contributed by atoms with Crippen LogP contribution < -0.4 is 0 Å². The predicted molar refractivity (Wildman–Crippen MR) is 38.9 cm³/mol. The fourth-order valence-corrected chi connectivity index (χ4v) is 0.577. The largest absolute Gasteiger partial charge is 0.466 e. The quantitative estimate of drug-likeness (QED) is 0.428. The van der Waals surface area contributed by atoms with Crippen LogP contribution in [0.4, 0.5) is 0 Å². The van der Waals surface area contributed by atoms with Crippen molar-refractivity contribution in [1.29, 1.82) is 0 Å². The molecule has 0 aliphatic carbocycles. The molecular formula is C7H12O4. The summed E-state index contributed by atoms with van der Waals surface area (Å²) in [6.45, 7) is 2.99. The summed E-state index contributed by atoms with van der Waals surface area (Å²) in [6, 6.07) is 0. The molecule has 4 nitrogen and oxygen atoms in total. The summed E-state index contributed by atoms with van der Waals surface area (Å²) in [7, 11) is 1.23. The lowest BCUT2D eigenvalue weighted by Gasteiger charge is -2.06. The highest BCUT2D eigenvalue weighted by molar-refractivity contribution is 5.87. The smallest absolute Gasteiger partial charge is 0.333 e. The third-order valence-electron chi connectivity index (χ3n) is 1.17. The molecule has 0 spiro atoms. The predicted octanol–water partition coefficient (Wildman–Crippen LogP) is -0.541. The Hall–Kier alpha value is -0.870. The number of aliphatic hydroxyl groups is 2. The second-order valence-electron chi connectivity index (χ2n) is 2.14. The molecule has 0 aromatic rings. The van der Waals surface area contributed by atoms with Gasteiger partial charge < -0.3 is 14.9 Å². The Morgan fingerprint density at radius 1 is 1.73 bits per heavy atom. The van der Waals surface area contributed by atoms with E-state index in [0.29, 0.717) is 0 Å². The first-order chi connectivity index (χ1) is 5.11. The number of esters is 1. The molecule has 0 heterocycles. The Bertz CT molecular complexity index is 153. The summed E-state index contributed by atoms with van der Waals surface area (Å²) in [5.74, 6) is -0.558. The first-order valence-electron chi connectivity index (χ1n) is 3.16. The molecule has 0 aliphatic heterocycles. The van der Waals surface area contributed by atoms with Crippen LogP contribution in [0.3, 0.4) is 0 Å². The molecule has 64 valence electrons. The third-order valence-corrected chi connectivity index (χ3v) is 1.17. The standard InChI is InChI=1S/C7H12O4/c1-5(7(10)11-2)3-6(9)4-8/h6,8-9H,1,3-4H2,2H3. The van der Waals surface area contributed by atoms with Crippen LogP contribution in [0.5, 0.6) is 0 Å². The first-order valence-corrected chi connectivity index (χ1v) is 3.16. The summed E-state index contributed by atoms with van der Waals surface area (Å²) >= 11 is 0. The molecule has 2 N–H and O–H groups in total. The molecule has 0 aliphatic rings. The van der Waals surface area contributed by atoms with Gasteiger partial charge in [0.1, 0.15) is 0 Å². The van der Waals surface area contributed by atoms with Crippen molar-refractivity contribution in [2.45, 2.75) is 12.5 Å². The number of carbonyl (C=O) groups excluding carboxylic acids is 1. The minimum Gasteiger partial charge on any atom is -0.466 e. The number of hydrogen-bond acceptors (Lipinski definition) is 4. The van der Waals surface area contributed by atoms with Gasteiger partial charge in [0.25, 0.3) is 0 Å². The van der Waals surface area contributed by atoms with Crippen LogP contribution >= 0.6 is 0 Å². The summed E-state index contributed by atoms with van der Waals surface area (Å²) in [5, 5.41) is 17.2. The maximum atomic E-state index is 10.6. The van der Waals surface area contributed by atoms with Gasteiger partial charge in [-0.05, 0) is 0 Å². The van der Waals surface area contributed by atoms with Gasteiger partial charge in [-0.1, -0.05) is 6.58 Å². The number of hydrogen-bond donors (Lipinski definition) is 2. The summed E-state index contributed by atoms with van der Waals surface area (Å²) in [6.07, 6.45) is -0.884. The number of carbonyl (C=O) groups is 1. The average Bonchev–Trinajstić information content (AvgIpc) is 2.02. The zero-order valence-corrected chi connectivity index (χ0v) is 6.41. The molecule has 0 saturated heterocycles. The Balaban J connectivity index is 3.77. The molecular weight excluding hydrogens is 148 g/mol. The van der Waals surface area contributed by atoms with E-state index in [-0.39, 0.29) is 18.6 Å². The second-order valence-corrected chi connectivity index (χ2v) is 2.14. The van der Waals surface area contributed by atoms with E-state index in [1.807, 2.05) is 0 Å². The van der Waals surface area contributed by atoms with Crippen molar-refractivity contribution < 1.29 is 19.7 Å². The van der Waals surface area contributed by atoms with Crippen LogP contribution in [0.25, 0.3) is 0 Å². The van der Waals surface area contributed by atoms with Gasteiger partial charge in [0.15, 0.2) is 0 Å². The van der Waals surface area contributed by atoms with Gasteiger partial charge in [-0.3, -0.25) is 0 Å². The lowest BCUT2D eigenvalue weighted by atomic mass is 10.1. The summed E-state index contributed by atoms with van der Waals surface area (Å²) in [5.41, 5.74) is 0.161. The van der Waals surface area contributed by atoms with Gasteiger partial charge in [0.05, 0.1) is 19.8 Å². The highest BCUT2D eigenvalue weighted by Gasteiger charge is 2.11. The topological polar surface area (TPSA) is 66.8 Å². The fourth-order valence-electron chi connectivity index (χ4n) is 0.577. The van der Waals surface area contributed by atoms with Crippen molar-refractivity contribution in [1.82, 2.24) is 0 Å². The lowest BCUT2D eigenvalue weighted by molar-refractivity contribution is -0.136. The molecule has 0 amide bonds. The maximum absolute atomic E-state index is 10.6. The molecule has 0 radical (unpaired) electrons. The van der Waals surface area contributed by atoms with Crippen molar-refractivity contribution in [3.8, 4) is 0 Å². The van der Waals surface area contributed by atoms with Crippen LogP contribution in [0.15, 0.2) is 12.2 Å². The van der Waals surface area contributed by atoms with E-state index in [1.165, 1.54) is 7.11 Å². The van der Waals surface area contributed by atoms with Crippen molar-refractivity contribution in [2.24, 2.45) is 0 Å². The summed E-state index contributed by atoms with van der Waals surface area (Å²) in [4.78, 5) is 10.6. The molecule has 4 heteroatoms. The second kappa shape index (κ2) is 4.87. The number of ether oxygens (including phenoxy) is 1. The van der Waals surface area contributed by atoms with Gasteiger partial charge in [0, 0.05) is 12.0 Å². The van der Waals surface area contributed by atoms with Crippen molar-refractivity contribution in [3.63, 3.8) is 0 Å². The van der Waals surface area contributed by atoms with E-state index in [4.69, 9.17) is 10.2 Å². The van der Waals surface area contributed by atoms with Gasteiger partial charge in [-0.25, -0.2) is 4.79 Å². The van der Waals surface area contributed by atoms with E-state index in [2.05, 4.69) is 11.3 Å². The minimum atomic E-state index is -0.929. The molecule has 1 unspecified atom stereocenters. The molecule has 11 heavy (non-hydrogen) atoms. The van der Waals surface area contributed by atoms with E-state index >= 15 is 0 Å². The van der Waals surface area contributed by atoms with E-state index < -0.39 is 12.1 Å². The van der Waals surface area contributed by atoms with Crippen LogP contribution in [0.2, 0.25) is 0 Å². The highest BCUT2D eigenvalue weighted by atomic mass is 16.5. The van der Waals surface area contributed by atoms with Crippen molar-refractivity contribution >= 4 is 5.97 Å². The SMILES string of the molecule is C=C(CC(O)CO)C(=O)OC. The van der Waals surface area contributed by atoms with E-state index in [0.717, 1.165) is 0 Å². The van der Waals surface area contributed by atoms with Crippen molar-refractivity contribution in [3.05, 3.63) is 12.2 Å². The third kappa shape index (κ3) is 3.75. The highest BCUT2D eigenvalue weighted by Crippen LogP contribution is 2.03. The Kier molecular flexibility index (Phi) is 4.49. The molecule has 0 bridgehead atoms. The van der Waals surface area contributed by atoms with Gasteiger partial charge >= 0.3 is 5.97 Å². The van der Waals surface area contributed by atoms with Crippen LogP contribution in [0.1, 0.15) is 6.42 Å². The van der Waals surface area contributed by atoms with Crippen LogP contribution in [-0.2, 0) is 9.53 Å². The average molecular weight is 160 g/mol. The van der Waals surface area contributed by atoms with Gasteiger partial charge in [-0.2, -0.15) is 0 Å². The Labute approximate surface area is 65.1 Å². The Morgan fingerprint density at radius 2 is 2.27 bits per heavy atom. The number of aliphatic hydroxyl groups excluding tert-OH is 2. The Morgan fingerprint density at radius 3 is 2.64 bits per heavy atom. The first kappa shape index (κ1) is 10.1. The molecule has 0 aromatic carbocycles. The van der Waals surface area contributed by atoms with E-state index in [9.17, 15) is 4.79 Å². The summed E-state index contributed by atoms with van der Waals surface area (Å²) < 4.78 is 4.33. The fraction of sp³-hybridized carbons (Fsp3) is 0.571.